The van der Waals surface area contributed by atoms with Gasteiger partial charge in [-0.3, -0.25) is 10.7 Å². The molecule has 0 aromatic carbocycles. The summed E-state index contributed by atoms with van der Waals surface area (Å²) in [6.07, 6.45) is 1.17. The fourth-order valence-electron chi connectivity index (χ4n) is 1.09. The monoisotopic (exact) mass is 316 g/mol. The van der Waals surface area contributed by atoms with Crippen molar-refractivity contribution < 1.29 is 14.2 Å². The Morgan fingerprint density at radius 1 is 1.56 bits per heavy atom. The molecule has 0 spiro atoms. The summed E-state index contributed by atoms with van der Waals surface area (Å²) in [7, 11) is 0. The van der Waals surface area contributed by atoms with Crippen LogP contribution in [-0.4, -0.2) is 26.3 Å². The zero-order valence-electron chi connectivity index (χ0n) is 8.63. The molecule has 0 saturated carbocycles. The second-order valence-electron chi connectivity index (χ2n) is 3.04. The molecule has 18 heavy (non-hydrogen) atoms. The molecule has 8 nitrogen and oxygen atoms in total. The maximum atomic E-state index is 12.9. The molecule has 0 aliphatic heterocycles. The third-order valence-corrected chi connectivity index (χ3v) is 2.42. The standard InChI is InChI=1S/C8H6BrFN6O2/c9-4-1-3(2-12-6(4)10)13-8(14-17)5-7(11)16-18-15-5/h1-2,17H,(H2,11,16)(H,13,14). The molecule has 0 bridgehead atoms. The van der Waals surface area contributed by atoms with E-state index >= 15 is 0 Å². The van der Waals surface area contributed by atoms with Gasteiger partial charge in [-0.15, -0.1) is 0 Å². The second-order valence-corrected chi connectivity index (χ2v) is 3.89. The molecule has 0 saturated heterocycles. The van der Waals surface area contributed by atoms with Gasteiger partial charge in [0.2, 0.25) is 5.95 Å². The number of hydroxylamine groups is 1. The van der Waals surface area contributed by atoms with Crippen molar-refractivity contribution in [3.8, 4) is 0 Å². The van der Waals surface area contributed by atoms with Gasteiger partial charge in [-0.1, -0.05) is 0 Å². The minimum Gasteiger partial charge on any atom is -0.379 e. The van der Waals surface area contributed by atoms with Gasteiger partial charge in [-0.2, -0.15) is 4.39 Å². The quantitative estimate of drug-likeness (QED) is 0.327. The minimum absolute atomic E-state index is 0.0259. The van der Waals surface area contributed by atoms with E-state index in [-0.39, 0.29) is 27.5 Å². The molecule has 0 radical (unpaired) electrons. The van der Waals surface area contributed by atoms with Crippen molar-refractivity contribution in [2.24, 2.45) is 4.99 Å². The molecule has 2 aromatic heterocycles. The Balaban J connectivity index is 2.41. The van der Waals surface area contributed by atoms with Crippen LogP contribution < -0.4 is 11.2 Å². The molecule has 2 heterocycles. The molecule has 2 aromatic rings. The molecule has 94 valence electrons. The summed E-state index contributed by atoms with van der Waals surface area (Å²) in [5.41, 5.74) is 7.53. The lowest BCUT2D eigenvalue weighted by Gasteiger charge is -2.01. The summed E-state index contributed by atoms with van der Waals surface area (Å²) in [5.74, 6) is -0.825. The molecular formula is C8H6BrFN6O2. The van der Waals surface area contributed by atoms with Crippen molar-refractivity contribution in [1.82, 2.24) is 20.8 Å². The van der Waals surface area contributed by atoms with E-state index in [1.165, 1.54) is 12.3 Å². The number of nitrogens with one attached hydrogen (secondary N) is 1. The highest BCUT2D eigenvalue weighted by Gasteiger charge is 2.14. The largest absolute Gasteiger partial charge is 0.379 e. The van der Waals surface area contributed by atoms with E-state index in [0.29, 0.717) is 0 Å². The lowest BCUT2D eigenvalue weighted by atomic mass is 10.4. The third-order valence-electron chi connectivity index (χ3n) is 1.87. The van der Waals surface area contributed by atoms with Crippen molar-refractivity contribution in [3.63, 3.8) is 0 Å². The number of anilines is 1. The number of nitrogen functional groups attached to an aromatic ring is 1. The average molecular weight is 317 g/mol. The molecule has 0 amide bonds. The first-order chi connectivity index (χ1) is 8.61. The maximum absolute atomic E-state index is 12.9. The van der Waals surface area contributed by atoms with E-state index in [9.17, 15) is 4.39 Å². The minimum atomic E-state index is -0.671. The zero-order valence-corrected chi connectivity index (χ0v) is 10.2. The van der Waals surface area contributed by atoms with Crippen LogP contribution in [-0.2, 0) is 0 Å². The number of hydrogen-bond acceptors (Lipinski definition) is 7. The van der Waals surface area contributed by atoms with Crippen molar-refractivity contribution in [2.75, 3.05) is 5.73 Å². The van der Waals surface area contributed by atoms with Crippen LogP contribution in [0.4, 0.5) is 15.9 Å². The van der Waals surface area contributed by atoms with E-state index in [4.69, 9.17) is 10.9 Å². The van der Waals surface area contributed by atoms with E-state index in [1.54, 1.807) is 5.48 Å². The predicted octanol–water partition coefficient (Wildman–Crippen LogP) is 1.01. The van der Waals surface area contributed by atoms with Crippen molar-refractivity contribution in [3.05, 3.63) is 28.4 Å². The van der Waals surface area contributed by atoms with Gasteiger partial charge in [-0.05, 0) is 32.3 Å². The van der Waals surface area contributed by atoms with Crippen LogP contribution in [0, 0.1) is 5.95 Å². The molecular weight excluding hydrogens is 311 g/mol. The topological polar surface area (TPSA) is 122 Å². The highest BCUT2D eigenvalue weighted by Crippen LogP contribution is 2.20. The Morgan fingerprint density at radius 3 is 2.89 bits per heavy atom. The molecule has 0 fully saturated rings. The average Bonchev–Trinajstić information content (AvgIpc) is 2.77. The highest BCUT2D eigenvalue weighted by molar-refractivity contribution is 9.10. The summed E-state index contributed by atoms with van der Waals surface area (Å²) in [6, 6.07) is 1.36. The SMILES string of the molecule is Nc1nonc1C(=Nc1cnc(F)c(Br)c1)NO. The fourth-order valence-corrected chi connectivity index (χ4v) is 1.43. The molecule has 4 N–H and O–H groups in total. The van der Waals surface area contributed by atoms with E-state index in [0.717, 1.165) is 0 Å². The number of aromatic nitrogens is 3. The number of aliphatic imine (C=N–C) groups is 1. The van der Waals surface area contributed by atoms with Crippen LogP contribution in [0.2, 0.25) is 0 Å². The first kappa shape index (κ1) is 12.4. The summed E-state index contributed by atoms with van der Waals surface area (Å²) in [4.78, 5) is 7.39. The van der Waals surface area contributed by atoms with Crippen molar-refractivity contribution >= 4 is 33.3 Å². The van der Waals surface area contributed by atoms with Gasteiger partial charge in [0.1, 0.15) is 0 Å². The van der Waals surface area contributed by atoms with Gasteiger partial charge < -0.3 is 5.73 Å². The summed E-state index contributed by atoms with van der Waals surface area (Å²) < 4.78 is 17.4. The lowest BCUT2D eigenvalue weighted by molar-refractivity contribution is 0.234. The Hall–Kier alpha value is -2.07. The molecule has 0 atom stereocenters. The first-order valence-corrected chi connectivity index (χ1v) is 5.29. The summed E-state index contributed by atoms with van der Waals surface area (Å²) in [6.45, 7) is 0. The van der Waals surface area contributed by atoms with Gasteiger partial charge >= 0.3 is 0 Å². The third kappa shape index (κ3) is 2.43. The maximum Gasteiger partial charge on any atom is 0.227 e. The predicted molar refractivity (Wildman–Crippen MR) is 61.7 cm³/mol. The van der Waals surface area contributed by atoms with Crippen LogP contribution in [0.3, 0.4) is 0 Å². The Labute approximate surface area is 108 Å². The summed E-state index contributed by atoms with van der Waals surface area (Å²) >= 11 is 2.96. The molecule has 2 rings (SSSR count). The van der Waals surface area contributed by atoms with Crippen LogP contribution in [0.15, 0.2) is 26.4 Å². The molecule has 10 heteroatoms. The number of hydrogen-bond donors (Lipinski definition) is 3. The molecule has 0 aliphatic rings. The van der Waals surface area contributed by atoms with E-state index in [2.05, 4.69) is 40.8 Å². The number of pyridine rings is 1. The first-order valence-electron chi connectivity index (χ1n) is 4.50. The van der Waals surface area contributed by atoms with Gasteiger partial charge in [0, 0.05) is 0 Å². The Morgan fingerprint density at radius 2 is 2.33 bits per heavy atom. The Bertz CT molecular complexity index is 601. The molecule has 0 aliphatic carbocycles. The second kappa shape index (κ2) is 5.06. The Kier molecular flexibility index (Phi) is 3.48. The van der Waals surface area contributed by atoms with Crippen LogP contribution in [0.1, 0.15) is 5.69 Å². The van der Waals surface area contributed by atoms with E-state index < -0.39 is 5.95 Å². The number of rotatable bonds is 2. The number of nitrogens with zero attached hydrogens (tertiary/aromatic N) is 4. The number of amidine groups is 1. The van der Waals surface area contributed by atoms with E-state index in [1.807, 2.05) is 0 Å². The van der Waals surface area contributed by atoms with Gasteiger partial charge in [0.05, 0.1) is 16.4 Å². The summed E-state index contributed by atoms with van der Waals surface area (Å²) in [5, 5.41) is 15.7. The zero-order chi connectivity index (χ0) is 13.1. The van der Waals surface area contributed by atoms with Crippen LogP contribution in [0.25, 0.3) is 0 Å². The fraction of sp³-hybridized carbons (Fsp3) is 0. The number of halogens is 2. The smallest absolute Gasteiger partial charge is 0.227 e. The van der Waals surface area contributed by atoms with Crippen molar-refractivity contribution in [1.29, 1.82) is 0 Å². The lowest BCUT2D eigenvalue weighted by Crippen LogP contribution is -2.21. The molecule has 0 unspecified atom stereocenters. The normalized spacial score (nSPS) is 11.6. The van der Waals surface area contributed by atoms with Gasteiger partial charge in [0.15, 0.2) is 17.3 Å². The highest BCUT2D eigenvalue weighted by atomic mass is 79.9. The van der Waals surface area contributed by atoms with Crippen LogP contribution in [0.5, 0.6) is 0 Å². The number of nitrogens with two attached hydrogens (primary N) is 1. The van der Waals surface area contributed by atoms with Crippen LogP contribution >= 0.6 is 15.9 Å². The van der Waals surface area contributed by atoms with Crippen molar-refractivity contribution in [2.45, 2.75) is 0 Å². The van der Waals surface area contributed by atoms with Gasteiger partial charge in [-0.25, -0.2) is 14.6 Å². The van der Waals surface area contributed by atoms with Gasteiger partial charge in [0.25, 0.3) is 0 Å².